The SMILES string of the molecule is CN[C@H](Cc1ccccc1)C(=O)N1CCCC1C(=O)N[C@H](C=O)CCCN=C(N)N. The fourth-order valence-corrected chi connectivity index (χ4v) is 3.64. The Morgan fingerprint density at radius 3 is 2.67 bits per heavy atom. The van der Waals surface area contributed by atoms with Gasteiger partial charge in [0, 0.05) is 13.1 Å². The minimum Gasteiger partial charge on any atom is -0.370 e. The minimum absolute atomic E-state index is 0.00334. The number of benzene rings is 1. The fourth-order valence-electron chi connectivity index (χ4n) is 3.64. The summed E-state index contributed by atoms with van der Waals surface area (Å²) in [5.41, 5.74) is 11.6. The molecular weight excluding hydrogens is 384 g/mol. The predicted molar refractivity (Wildman–Crippen MR) is 116 cm³/mol. The van der Waals surface area contributed by atoms with Gasteiger partial charge in [-0.15, -0.1) is 0 Å². The first-order valence-corrected chi connectivity index (χ1v) is 10.3. The number of nitrogens with zero attached hydrogens (tertiary/aromatic N) is 2. The van der Waals surface area contributed by atoms with E-state index in [1.54, 1.807) is 11.9 Å². The van der Waals surface area contributed by atoms with Crippen molar-refractivity contribution in [1.29, 1.82) is 0 Å². The molecule has 1 saturated heterocycles. The molecular formula is C21H32N6O3. The second-order valence-corrected chi connectivity index (χ2v) is 7.42. The molecule has 1 heterocycles. The van der Waals surface area contributed by atoms with Crippen LogP contribution in [0.4, 0.5) is 0 Å². The van der Waals surface area contributed by atoms with E-state index in [4.69, 9.17) is 11.5 Å². The molecule has 0 saturated carbocycles. The molecule has 2 amide bonds. The average Bonchev–Trinajstić information content (AvgIpc) is 3.24. The molecule has 0 bridgehead atoms. The zero-order valence-electron chi connectivity index (χ0n) is 17.4. The largest absolute Gasteiger partial charge is 0.370 e. The van der Waals surface area contributed by atoms with Crippen molar-refractivity contribution in [3.63, 3.8) is 0 Å². The van der Waals surface area contributed by atoms with Gasteiger partial charge in [-0.05, 0) is 44.7 Å². The summed E-state index contributed by atoms with van der Waals surface area (Å²) in [6, 6.07) is 8.14. The highest BCUT2D eigenvalue weighted by molar-refractivity contribution is 5.91. The number of rotatable bonds is 11. The molecule has 6 N–H and O–H groups in total. The van der Waals surface area contributed by atoms with Gasteiger partial charge in [-0.25, -0.2) is 0 Å². The number of nitrogens with one attached hydrogen (secondary N) is 2. The first-order chi connectivity index (χ1) is 14.5. The molecule has 1 aromatic rings. The quantitative estimate of drug-likeness (QED) is 0.166. The van der Waals surface area contributed by atoms with Gasteiger partial charge in [-0.2, -0.15) is 0 Å². The van der Waals surface area contributed by atoms with Gasteiger partial charge in [0.1, 0.15) is 12.3 Å². The van der Waals surface area contributed by atoms with Crippen molar-refractivity contribution in [3.05, 3.63) is 35.9 Å². The van der Waals surface area contributed by atoms with E-state index in [0.717, 1.165) is 12.0 Å². The van der Waals surface area contributed by atoms with E-state index in [1.807, 2.05) is 30.3 Å². The Morgan fingerprint density at radius 2 is 2.03 bits per heavy atom. The Bertz CT molecular complexity index is 736. The van der Waals surface area contributed by atoms with Gasteiger partial charge in [0.05, 0.1) is 12.1 Å². The van der Waals surface area contributed by atoms with Crippen molar-refractivity contribution >= 4 is 24.1 Å². The van der Waals surface area contributed by atoms with E-state index in [2.05, 4.69) is 15.6 Å². The van der Waals surface area contributed by atoms with E-state index in [-0.39, 0.29) is 17.8 Å². The number of guanidine groups is 1. The highest BCUT2D eigenvalue weighted by Crippen LogP contribution is 2.20. The molecule has 2 rings (SSSR count). The molecule has 9 heteroatoms. The number of carbonyl (C=O) groups excluding carboxylic acids is 3. The molecule has 30 heavy (non-hydrogen) atoms. The van der Waals surface area contributed by atoms with Gasteiger partial charge in [0.2, 0.25) is 11.8 Å². The van der Waals surface area contributed by atoms with Crippen LogP contribution in [-0.2, 0) is 20.8 Å². The van der Waals surface area contributed by atoms with E-state index >= 15 is 0 Å². The summed E-state index contributed by atoms with van der Waals surface area (Å²) in [6.45, 7) is 0.917. The van der Waals surface area contributed by atoms with Gasteiger partial charge >= 0.3 is 0 Å². The molecule has 0 aromatic heterocycles. The summed E-state index contributed by atoms with van der Waals surface area (Å²) in [7, 11) is 1.75. The van der Waals surface area contributed by atoms with Crippen LogP contribution >= 0.6 is 0 Å². The van der Waals surface area contributed by atoms with Crippen molar-refractivity contribution in [3.8, 4) is 0 Å². The summed E-state index contributed by atoms with van der Waals surface area (Å²) in [5, 5.41) is 5.83. The second-order valence-electron chi connectivity index (χ2n) is 7.42. The Balaban J connectivity index is 1.95. The van der Waals surface area contributed by atoms with Crippen molar-refractivity contribution in [2.24, 2.45) is 16.5 Å². The molecule has 1 aliphatic heterocycles. The molecule has 0 radical (unpaired) electrons. The molecule has 1 fully saturated rings. The Hall–Kier alpha value is -2.94. The molecule has 3 atom stereocenters. The summed E-state index contributed by atoms with van der Waals surface area (Å²) in [6.07, 6.45) is 3.58. The Kier molecular flexibility index (Phi) is 9.27. The number of hydrogen-bond donors (Lipinski definition) is 4. The molecule has 1 unspecified atom stereocenters. The second kappa shape index (κ2) is 11.9. The number of aldehydes is 1. The third kappa shape index (κ3) is 6.84. The predicted octanol–water partition coefficient (Wildman–Crippen LogP) is -0.455. The maximum atomic E-state index is 13.1. The van der Waals surface area contributed by atoms with E-state index in [0.29, 0.717) is 45.1 Å². The lowest BCUT2D eigenvalue weighted by atomic mass is 10.0. The monoisotopic (exact) mass is 416 g/mol. The standard InChI is InChI=1S/C21H32N6O3/c1-24-17(13-15-7-3-2-4-8-15)20(30)27-12-6-10-18(27)19(29)26-16(14-28)9-5-11-25-21(22)23/h2-4,7-8,14,16-18,24H,5-6,9-13H2,1H3,(H,26,29)(H4,22,23,25)/t16-,17+,18?/m0/s1. The van der Waals surface area contributed by atoms with Crippen LogP contribution in [0.5, 0.6) is 0 Å². The van der Waals surface area contributed by atoms with E-state index < -0.39 is 18.1 Å². The lowest BCUT2D eigenvalue weighted by Gasteiger charge is -2.29. The van der Waals surface area contributed by atoms with Crippen LogP contribution in [0.2, 0.25) is 0 Å². The molecule has 164 valence electrons. The van der Waals surface area contributed by atoms with Gasteiger partial charge in [-0.1, -0.05) is 30.3 Å². The normalized spacial score (nSPS) is 17.8. The number of carbonyl (C=O) groups is 3. The average molecular weight is 417 g/mol. The highest BCUT2D eigenvalue weighted by atomic mass is 16.2. The maximum absolute atomic E-state index is 13.1. The first-order valence-electron chi connectivity index (χ1n) is 10.3. The number of likely N-dealkylation sites (N-methyl/N-ethyl adjacent to an activating group) is 1. The molecule has 9 nitrogen and oxygen atoms in total. The Morgan fingerprint density at radius 1 is 1.30 bits per heavy atom. The van der Waals surface area contributed by atoms with Crippen molar-refractivity contribution < 1.29 is 14.4 Å². The zero-order valence-corrected chi connectivity index (χ0v) is 17.4. The third-order valence-electron chi connectivity index (χ3n) is 5.23. The van der Waals surface area contributed by atoms with Crippen molar-refractivity contribution in [2.45, 2.75) is 50.2 Å². The fraction of sp³-hybridized carbons (Fsp3) is 0.524. The maximum Gasteiger partial charge on any atom is 0.243 e. The zero-order chi connectivity index (χ0) is 21.9. The van der Waals surface area contributed by atoms with Crippen LogP contribution in [0.15, 0.2) is 35.3 Å². The van der Waals surface area contributed by atoms with E-state index in [1.165, 1.54) is 0 Å². The van der Waals surface area contributed by atoms with Crippen LogP contribution in [0.3, 0.4) is 0 Å². The number of hydrogen-bond acceptors (Lipinski definition) is 5. The number of nitrogens with two attached hydrogens (primary N) is 2. The minimum atomic E-state index is -0.631. The molecule has 1 aromatic carbocycles. The molecule has 0 spiro atoms. The number of likely N-dealkylation sites (tertiary alicyclic amines) is 1. The van der Waals surface area contributed by atoms with Crippen LogP contribution in [0, 0.1) is 0 Å². The summed E-state index contributed by atoms with van der Waals surface area (Å²) >= 11 is 0. The lowest BCUT2D eigenvalue weighted by Crippen LogP contribution is -2.54. The van der Waals surface area contributed by atoms with Gasteiger partial charge in [0.25, 0.3) is 0 Å². The first kappa shape index (κ1) is 23.3. The van der Waals surface area contributed by atoms with Crippen LogP contribution in [0.1, 0.15) is 31.2 Å². The van der Waals surface area contributed by atoms with Crippen molar-refractivity contribution in [2.75, 3.05) is 20.1 Å². The lowest BCUT2D eigenvalue weighted by molar-refractivity contribution is -0.140. The van der Waals surface area contributed by atoms with Gasteiger partial charge < -0.3 is 31.8 Å². The van der Waals surface area contributed by atoms with E-state index in [9.17, 15) is 14.4 Å². The Labute approximate surface area is 177 Å². The molecule has 0 aliphatic carbocycles. The topological polar surface area (TPSA) is 143 Å². The van der Waals surface area contributed by atoms with Crippen LogP contribution in [0.25, 0.3) is 0 Å². The summed E-state index contributed by atoms with van der Waals surface area (Å²) in [5.74, 6) is -0.403. The smallest absolute Gasteiger partial charge is 0.243 e. The highest BCUT2D eigenvalue weighted by Gasteiger charge is 2.37. The van der Waals surface area contributed by atoms with Crippen LogP contribution < -0.4 is 22.1 Å². The summed E-state index contributed by atoms with van der Waals surface area (Å²) in [4.78, 5) is 42.8. The van der Waals surface area contributed by atoms with Gasteiger partial charge in [0.15, 0.2) is 5.96 Å². The number of amides is 2. The van der Waals surface area contributed by atoms with Gasteiger partial charge in [-0.3, -0.25) is 14.6 Å². The number of aliphatic imine (C=N–C) groups is 1. The van der Waals surface area contributed by atoms with Crippen LogP contribution in [-0.4, -0.2) is 67.2 Å². The third-order valence-corrected chi connectivity index (χ3v) is 5.23. The summed E-state index contributed by atoms with van der Waals surface area (Å²) < 4.78 is 0. The molecule has 1 aliphatic rings. The van der Waals surface area contributed by atoms with Crippen molar-refractivity contribution in [1.82, 2.24) is 15.5 Å².